The van der Waals surface area contributed by atoms with Crippen molar-refractivity contribution < 1.29 is 39.7 Å². The van der Waals surface area contributed by atoms with Crippen molar-refractivity contribution in [2.24, 2.45) is 0 Å². The molecule has 5 N–H and O–H groups in total. The summed E-state index contributed by atoms with van der Waals surface area (Å²) in [5, 5.41) is 57.4. The normalized spacial score (nSPS) is 55.8. The van der Waals surface area contributed by atoms with Crippen LogP contribution in [-0.4, -0.2) is 86.8 Å². The number of nitriles is 1. The Morgan fingerprint density at radius 2 is 1.86 bits per heavy atom. The van der Waals surface area contributed by atoms with Crippen molar-refractivity contribution in [1.29, 1.82) is 5.26 Å². The quantitative estimate of drug-likeness (QED) is 0.335. The molecule has 0 radical (unpaired) electrons. The van der Waals surface area contributed by atoms with E-state index in [9.17, 15) is 25.7 Å². The van der Waals surface area contributed by atoms with Gasteiger partial charge in [0.25, 0.3) is 0 Å². The number of aliphatic hydroxyl groups is 5. The van der Waals surface area contributed by atoms with Crippen LogP contribution in [0.5, 0.6) is 0 Å². The van der Waals surface area contributed by atoms with Gasteiger partial charge in [-0.25, -0.2) is 0 Å². The molecule has 9 heteroatoms. The van der Waals surface area contributed by atoms with Gasteiger partial charge in [0.15, 0.2) is 11.9 Å². The third-order valence-electron chi connectivity index (χ3n) is 4.24. The predicted molar refractivity (Wildman–Crippen MR) is 62.5 cm³/mol. The number of fused-ring (bicyclic) bond motifs is 1. The number of nitrogens with zero attached hydrogens (tertiary/aromatic N) is 1. The van der Waals surface area contributed by atoms with Crippen LogP contribution in [0.3, 0.4) is 0 Å². The van der Waals surface area contributed by atoms with E-state index < -0.39 is 61.2 Å². The van der Waals surface area contributed by atoms with Crippen LogP contribution in [0.25, 0.3) is 0 Å². The first kappa shape index (κ1) is 15.1. The lowest BCUT2D eigenvalue weighted by Crippen LogP contribution is -2.61. The van der Waals surface area contributed by atoms with E-state index in [-0.39, 0.29) is 6.42 Å². The zero-order valence-electron chi connectivity index (χ0n) is 10.9. The summed E-state index contributed by atoms with van der Waals surface area (Å²) in [7, 11) is 0. The highest BCUT2D eigenvalue weighted by atomic mass is 16.7. The van der Waals surface area contributed by atoms with Gasteiger partial charge in [0.1, 0.15) is 42.7 Å². The molecule has 9 atom stereocenters. The minimum absolute atomic E-state index is 0.00610. The molecular weight excluding hydrogens is 286 g/mol. The van der Waals surface area contributed by atoms with E-state index in [0.29, 0.717) is 0 Å². The topological polar surface area (TPSA) is 156 Å². The average molecular weight is 303 g/mol. The van der Waals surface area contributed by atoms with Crippen molar-refractivity contribution >= 4 is 0 Å². The van der Waals surface area contributed by atoms with E-state index in [1.54, 1.807) is 0 Å². The Bertz CT molecular complexity index is 453. The highest BCUT2D eigenvalue weighted by molar-refractivity contribution is 5.23. The van der Waals surface area contributed by atoms with E-state index in [1.165, 1.54) is 0 Å². The fraction of sp³-hybridized carbons (Fsp3) is 0.917. The van der Waals surface area contributed by atoms with Crippen LogP contribution in [-0.2, 0) is 14.2 Å². The van der Waals surface area contributed by atoms with Gasteiger partial charge in [-0.3, -0.25) is 0 Å². The maximum atomic E-state index is 9.90. The molecule has 3 aliphatic rings. The Balaban J connectivity index is 1.76. The van der Waals surface area contributed by atoms with Crippen LogP contribution in [0.1, 0.15) is 6.42 Å². The Hall–Kier alpha value is -0.830. The van der Waals surface area contributed by atoms with Crippen LogP contribution in [0.15, 0.2) is 0 Å². The second kappa shape index (κ2) is 5.12. The van der Waals surface area contributed by atoms with E-state index in [2.05, 4.69) is 0 Å². The van der Waals surface area contributed by atoms with E-state index >= 15 is 0 Å². The van der Waals surface area contributed by atoms with Crippen LogP contribution in [0, 0.1) is 11.3 Å². The van der Waals surface area contributed by atoms with Gasteiger partial charge in [-0.1, -0.05) is 0 Å². The van der Waals surface area contributed by atoms with E-state index in [0.717, 1.165) is 0 Å². The molecule has 118 valence electrons. The van der Waals surface area contributed by atoms with Gasteiger partial charge in [0.05, 0.1) is 12.7 Å². The Morgan fingerprint density at radius 3 is 2.33 bits per heavy atom. The van der Waals surface area contributed by atoms with Crippen LogP contribution >= 0.6 is 0 Å². The number of hydrogen-bond donors (Lipinski definition) is 5. The minimum Gasteiger partial charge on any atom is -0.394 e. The second-order valence-electron chi connectivity index (χ2n) is 5.61. The summed E-state index contributed by atoms with van der Waals surface area (Å²) in [6.07, 6.45) is -9.17. The van der Waals surface area contributed by atoms with Gasteiger partial charge in [-0.2, -0.15) is 5.26 Å². The van der Waals surface area contributed by atoms with Crippen molar-refractivity contribution in [3.63, 3.8) is 0 Å². The standard InChI is InChI=1S/C12H17NO8/c13-3-12(1-4(15)9-10(12)20-9)21-11-8(18)7(17)6(16)5(2-14)19-11/h4-11,14-18H,1-2H2/t4-,5+,6+,7-,8+,9-,10-,11-,12-/m0/s1. The van der Waals surface area contributed by atoms with E-state index in [1.807, 2.05) is 6.07 Å². The number of hydrogen-bond acceptors (Lipinski definition) is 9. The molecule has 0 aromatic heterocycles. The molecular formula is C12H17NO8. The average Bonchev–Trinajstić information content (AvgIpc) is 3.23. The lowest BCUT2D eigenvalue weighted by molar-refractivity contribution is -0.322. The molecule has 3 rings (SSSR count). The van der Waals surface area contributed by atoms with Crippen molar-refractivity contribution in [3.8, 4) is 6.07 Å². The summed E-state index contributed by atoms with van der Waals surface area (Å²) in [5.41, 5.74) is -1.49. The van der Waals surface area contributed by atoms with Gasteiger partial charge in [0.2, 0.25) is 0 Å². The van der Waals surface area contributed by atoms with E-state index in [4.69, 9.17) is 19.3 Å². The van der Waals surface area contributed by atoms with Crippen molar-refractivity contribution in [2.45, 2.75) is 61.0 Å². The van der Waals surface area contributed by atoms with Gasteiger partial charge >= 0.3 is 0 Å². The van der Waals surface area contributed by atoms with Crippen molar-refractivity contribution in [3.05, 3.63) is 0 Å². The van der Waals surface area contributed by atoms with Crippen LogP contribution in [0.4, 0.5) is 0 Å². The van der Waals surface area contributed by atoms with Gasteiger partial charge in [0, 0.05) is 6.42 Å². The fourth-order valence-corrected chi connectivity index (χ4v) is 2.96. The molecule has 3 fully saturated rings. The zero-order chi connectivity index (χ0) is 15.4. The summed E-state index contributed by atoms with van der Waals surface area (Å²) >= 11 is 0. The largest absolute Gasteiger partial charge is 0.394 e. The fourth-order valence-electron chi connectivity index (χ4n) is 2.96. The molecule has 2 aliphatic heterocycles. The third kappa shape index (κ3) is 2.25. The molecule has 0 aromatic rings. The van der Waals surface area contributed by atoms with Crippen molar-refractivity contribution in [2.75, 3.05) is 6.61 Å². The second-order valence-corrected chi connectivity index (χ2v) is 5.61. The molecule has 0 aromatic carbocycles. The number of ether oxygens (including phenoxy) is 3. The third-order valence-corrected chi connectivity index (χ3v) is 4.24. The lowest BCUT2D eigenvalue weighted by atomic mass is 9.98. The van der Waals surface area contributed by atoms with Gasteiger partial charge in [-0.05, 0) is 0 Å². The summed E-state index contributed by atoms with van der Waals surface area (Å²) in [6, 6.07) is 1.92. The van der Waals surface area contributed by atoms with Crippen LogP contribution < -0.4 is 0 Å². The summed E-state index contributed by atoms with van der Waals surface area (Å²) in [6.45, 7) is -0.588. The molecule has 1 aliphatic carbocycles. The monoisotopic (exact) mass is 303 g/mol. The maximum Gasteiger partial charge on any atom is 0.188 e. The lowest BCUT2D eigenvalue weighted by Gasteiger charge is -2.41. The number of aliphatic hydroxyl groups excluding tert-OH is 5. The number of epoxide rings is 1. The SMILES string of the molecule is N#C[C@@]1(O[C@@H]2O[C@H](CO)[C@@H](O)[C@H](O)[C@H]2O)C[C@H](O)[C@@H]2O[C@@H]21. The first-order valence-electron chi connectivity index (χ1n) is 6.66. The first-order valence-corrected chi connectivity index (χ1v) is 6.66. The Kier molecular flexibility index (Phi) is 3.67. The minimum atomic E-state index is -1.59. The Morgan fingerprint density at radius 1 is 1.14 bits per heavy atom. The van der Waals surface area contributed by atoms with Gasteiger partial charge in [-0.15, -0.1) is 0 Å². The molecule has 0 spiro atoms. The molecule has 0 bridgehead atoms. The van der Waals surface area contributed by atoms with Gasteiger partial charge < -0.3 is 39.7 Å². The molecule has 0 unspecified atom stereocenters. The highest BCUT2D eigenvalue weighted by Crippen LogP contribution is 2.49. The molecule has 9 nitrogen and oxygen atoms in total. The summed E-state index contributed by atoms with van der Waals surface area (Å²) in [4.78, 5) is 0. The molecule has 21 heavy (non-hydrogen) atoms. The summed E-state index contributed by atoms with van der Waals surface area (Å²) < 4.78 is 15.8. The van der Waals surface area contributed by atoms with Crippen molar-refractivity contribution in [1.82, 2.24) is 0 Å². The molecule has 2 heterocycles. The maximum absolute atomic E-state index is 9.90. The molecule has 1 saturated carbocycles. The smallest absolute Gasteiger partial charge is 0.188 e. The predicted octanol–water partition coefficient (Wildman–Crippen LogP) is -3.40. The van der Waals surface area contributed by atoms with Crippen LogP contribution in [0.2, 0.25) is 0 Å². The number of rotatable bonds is 3. The molecule has 2 saturated heterocycles. The summed E-state index contributed by atoms with van der Waals surface area (Å²) in [5.74, 6) is 0. The highest BCUT2D eigenvalue weighted by Gasteiger charge is 2.68. The Labute approximate surface area is 119 Å². The zero-order valence-corrected chi connectivity index (χ0v) is 10.9. The molecule has 0 amide bonds. The first-order chi connectivity index (χ1) is 9.93.